The third kappa shape index (κ3) is 4.72. The van der Waals surface area contributed by atoms with Gasteiger partial charge in [-0.05, 0) is 42.0 Å². The number of nitro benzene ring substituents is 1. The zero-order valence-corrected chi connectivity index (χ0v) is 16.9. The zero-order valence-electron chi connectivity index (χ0n) is 16.1. The Hall–Kier alpha value is -3.72. The van der Waals surface area contributed by atoms with Gasteiger partial charge < -0.3 is 4.57 Å². The van der Waals surface area contributed by atoms with Crippen LogP contribution in [-0.4, -0.2) is 14.5 Å². The highest BCUT2D eigenvalue weighted by Crippen LogP contribution is 2.24. The largest absolute Gasteiger partial charge is 0.316 e. The number of halogens is 2. The number of nitro groups is 1. The van der Waals surface area contributed by atoms with Crippen molar-refractivity contribution in [2.45, 2.75) is 13.0 Å². The molecule has 0 radical (unpaired) electrons. The van der Waals surface area contributed by atoms with E-state index in [-0.39, 0.29) is 11.4 Å². The van der Waals surface area contributed by atoms with Crippen molar-refractivity contribution in [2.24, 2.45) is 4.99 Å². The smallest absolute Gasteiger partial charge is 0.269 e. The molecule has 31 heavy (non-hydrogen) atoms. The third-order valence-electron chi connectivity index (χ3n) is 4.62. The number of nitrogens with zero attached hydrogens (tertiary/aromatic N) is 4. The van der Waals surface area contributed by atoms with E-state index in [9.17, 15) is 18.9 Å². The lowest BCUT2D eigenvalue weighted by Crippen LogP contribution is -2.17. The average molecular weight is 438 g/mol. The second-order valence-electron chi connectivity index (χ2n) is 6.64. The van der Waals surface area contributed by atoms with E-state index < -0.39 is 16.6 Å². The van der Waals surface area contributed by atoms with E-state index in [1.807, 2.05) is 28.1 Å². The average Bonchev–Trinajstić information content (AvgIpc) is 3.17. The highest BCUT2D eigenvalue weighted by atomic mass is 32.1. The molecule has 0 atom stereocenters. The summed E-state index contributed by atoms with van der Waals surface area (Å²) < 4.78 is 29.3. The van der Waals surface area contributed by atoms with Gasteiger partial charge in [-0.2, -0.15) is 0 Å². The molecule has 2 aromatic carbocycles. The molecule has 9 heteroatoms. The van der Waals surface area contributed by atoms with Gasteiger partial charge >= 0.3 is 0 Å². The number of non-ortho nitro benzene ring substituents is 1. The van der Waals surface area contributed by atoms with Crippen molar-refractivity contribution in [1.29, 1.82) is 0 Å². The van der Waals surface area contributed by atoms with E-state index in [0.717, 1.165) is 29.1 Å². The first-order chi connectivity index (χ1) is 15.0. The van der Waals surface area contributed by atoms with Gasteiger partial charge in [0.05, 0.1) is 10.6 Å². The Morgan fingerprint density at radius 3 is 2.58 bits per heavy atom. The monoisotopic (exact) mass is 438 g/mol. The molecule has 0 fully saturated rings. The van der Waals surface area contributed by atoms with Crippen LogP contribution < -0.4 is 4.80 Å². The summed E-state index contributed by atoms with van der Waals surface area (Å²) in [5, 5.41) is 12.8. The summed E-state index contributed by atoms with van der Waals surface area (Å²) in [6, 6.07) is 15.1. The molecule has 4 aromatic rings. The Kier molecular flexibility index (Phi) is 5.94. The molecule has 0 amide bonds. The van der Waals surface area contributed by atoms with Crippen molar-refractivity contribution in [1.82, 2.24) is 9.55 Å². The first-order valence-electron chi connectivity index (χ1n) is 9.34. The van der Waals surface area contributed by atoms with Gasteiger partial charge in [0.2, 0.25) is 0 Å². The minimum atomic E-state index is -0.749. The Morgan fingerprint density at radius 1 is 1.10 bits per heavy atom. The van der Waals surface area contributed by atoms with Crippen LogP contribution in [-0.2, 0) is 13.0 Å². The first kappa shape index (κ1) is 20.5. The molecule has 0 spiro atoms. The van der Waals surface area contributed by atoms with E-state index in [2.05, 4.69) is 9.98 Å². The molecule has 2 heterocycles. The number of benzene rings is 2. The molecular weight excluding hydrogens is 422 g/mol. The van der Waals surface area contributed by atoms with Gasteiger partial charge in [-0.1, -0.05) is 6.07 Å². The molecule has 0 bridgehead atoms. The summed E-state index contributed by atoms with van der Waals surface area (Å²) in [7, 11) is 0. The van der Waals surface area contributed by atoms with Gasteiger partial charge in [0.1, 0.15) is 11.5 Å². The fraction of sp³-hybridized carbons (Fsp3) is 0.0909. The Morgan fingerprint density at radius 2 is 1.90 bits per heavy atom. The van der Waals surface area contributed by atoms with Gasteiger partial charge in [-0.15, -0.1) is 11.3 Å². The fourth-order valence-electron chi connectivity index (χ4n) is 3.07. The second kappa shape index (κ2) is 8.97. The molecule has 0 N–H and O–H groups in total. The maximum absolute atomic E-state index is 14.2. The summed E-state index contributed by atoms with van der Waals surface area (Å²) in [6.07, 6.45) is 2.32. The molecule has 0 saturated carbocycles. The SMILES string of the molecule is O=[N+]([O-])c1ccc(-c2csc(=Nc3ccc(F)cc3F)n2CCc2ccccn2)cc1. The van der Waals surface area contributed by atoms with Crippen molar-refractivity contribution < 1.29 is 13.7 Å². The number of thiazole rings is 1. The highest BCUT2D eigenvalue weighted by molar-refractivity contribution is 7.07. The minimum Gasteiger partial charge on any atom is -0.316 e. The van der Waals surface area contributed by atoms with Gasteiger partial charge in [0.15, 0.2) is 10.6 Å². The number of rotatable bonds is 6. The van der Waals surface area contributed by atoms with Gasteiger partial charge in [-0.3, -0.25) is 15.1 Å². The predicted octanol–water partition coefficient (Wildman–Crippen LogP) is 5.27. The quantitative estimate of drug-likeness (QED) is 0.304. The Bertz CT molecular complexity index is 1290. The lowest BCUT2D eigenvalue weighted by atomic mass is 10.1. The van der Waals surface area contributed by atoms with Crippen molar-refractivity contribution in [3.63, 3.8) is 0 Å². The van der Waals surface area contributed by atoms with Crippen LogP contribution in [0.3, 0.4) is 0 Å². The van der Waals surface area contributed by atoms with E-state index in [1.165, 1.54) is 29.5 Å². The van der Waals surface area contributed by atoms with E-state index in [1.54, 1.807) is 18.3 Å². The summed E-state index contributed by atoms with van der Waals surface area (Å²) in [5.41, 5.74) is 2.47. The van der Waals surface area contributed by atoms with Crippen molar-refractivity contribution in [3.05, 3.63) is 104 Å². The minimum absolute atomic E-state index is 0.00249. The summed E-state index contributed by atoms with van der Waals surface area (Å²) in [6.45, 7) is 0.508. The molecule has 0 aliphatic rings. The van der Waals surface area contributed by atoms with Crippen LogP contribution in [0.25, 0.3) is 11.3 Å². The van der Waals surface area contributed by atoms with Crippen LogP contribution in [0, 0.1) is 21.7 Å². The molecule has 6 nitrogen and oxygen atoms in total. The van der Waals surface area contributed by atoms with E-state index >= 15 is 0 Å². The van der Waals surface area contributed by atoms with Gasteiger partial charge in [0.25, 0.3) is 5.69 Å². The van der Waals surface area contributed by atoms with Crippen molar-refractivity contribution in [2.75, 3.05) is 0 Å². The number of pyridine rings is 1. The topological polar surface area (TPSA) is 73.3 Å². The maximum Gasteiger partial charge on any atom is 0.269 e. The van der Waals surface area contributed by atoms with Gasteiger partial charge in [-0.25, -0.2) is 13.8 Å². The number of hydrogen-bond acceptors (Lipinski definition) is 5. The number of hydrogen-bond donors (Lipinski definition) is 0. The summed E-state index contributed by atoms with van der Waals surface area (Å²) in [5.74, 6) is -1.42. The van der Waals surface area contributed by atoms with Gasteiger partial charge in [0, 0.05) is 48.4 Å². The van der Waals surface area contributed by atoms with Crippen LogP contribution >= 0.6 is 11.3 Å². The summed E-state index contributed by atoms with van der Waals surface area (Å²) in [4.78, 5) is 19.8. The molecule has 0 unspecified atom stereocenters. The lowest BCUT2D eigenvalue weighted by Gasteiger charge is -2.09. The van der Waals surface area contributed by atoms with Crippen molar-refractivity contribution in [3.8, 4) is 11.3 Å². The second-order valence-corrected chi connectivity index (χ2v) is 7.47. The third-order valence-corrected chi connectivity index (χ3v) is 5.48. The number of aromatic nitrogens is 2. The van der Waals surface area contributed by atoms with Crippen LogP contribution in [0.1, 0.15) is 5.69 Å². The maximum atomic E-state index is 14.2. The van der Waals surface area contributed by atoms with E-state index in [0.29, 0.717) is 17.8 Å². The standard InChI is InChI=1S/C22H16F2N4O2S/c23-16-6-9-20(19(24)13-16)26-22-27(12-10-17-3-1-2-11-25-17)21(14-31-22)15-4-7-18(8-5-15)28(29)30/h1-9,11,13-14H,10,12H2. The Balaban J connectivity index is 1.77. The number of aryl methyl sites for hydroxylation is 1. The fourth-order valence-corrected chi connectivity index (χ4v) is 4.02. The van der Waals surface area contributed by atoms with Crippen LogP contribution in [0.5, 0.6) is 0 Å². The highest BCUT2D eigenvalue weighted by Gasteiger charge is 2.12. The lowest BCUT2D eigenvalue weighted by molar-refractivity contribution is -0.384. The Labute approximate surface area is 180 Å². The van der Waals surface area contributed by atoms with Crippen LogP contribution in [0.2, 0.25) is 0 Å². The van der Waals surface area contributed by atoms with E-state index in [4.69, 9.17) is 0 Å². The van der Waals surface area contributed by atoms with Crippen LogP contribution in [0.4, 0.5) is 20.2 Å². The normalized spacial score (nSPS) is 11.6. The summed E-state index contributed by atoms with van der Waals surface area (Å²) >= 11 is 1.31. The molecule has 156 valence electrons. The first-order valence-corrected chi connectivity index (χ1v) is 10.2. The molecule has 0 aliphatic heterocycles. The van der Waals surface area contributed by atoms with Crippen molar-refractivity contribution >= 4 is 22.7 Å². The molecule has 4 rings (SSSR count). The molecular formula is C22H16F2N4O2S. The molecule has 0 saturated heterocycles. The van der Waals surface area contributed by atoms with Crippen LogP contribution in [0.15, 0.2) is 77.2 Å². The molecule has 0 aliphatic carbocycles. The zero-order chi connectivity index (χ0) is 21.8. The molecule has 2 aromatic heterocycles. The predicted molar refractivity (Wildman–Crippen MR) is 114 cm³/mol.